The molecule has 0 unspecified atom stereocenters. The Morgan fingerprint density at radius 2 is 1.88 bits per heavy atom. The molecule has 0 bridgehead atoms. The summed E-state index contributed by atoms with van der Waals surface area (Å²) in [5.74, 6) is -1.79. The highest BCUT2D eigenvalue weighted by Gasteiger charge is 2.26. The van der Waals surface area contributed by atoms with E-state index in [1.807, 2.05) is 0 Å². The van der Waals surface area contributed by atoms with Crippen LogP contribution in [-0.4, -0.2) is 41.8 Å². The van der Waals surface area contributed by atoms with Crippen LogP contribution in [0.15, 0.2) is 18.2 Å². The van der Waals surface area contributed by atoms with E-state index in [9.17, 15) is 24.5 Å². The molecule has 0 spiro atoms. The molecule has 0 aliphatic heterocycles. The summed E-state index contributed by atoms with van der Waals surface area (Å²) in [6, 6.07) is 2.71. The van der Waals surface area contributed by atoms with E-state index in [1.54, 1.807) is 20.8 Å². The molecule has 0 saturated carbocycles. The number of benzene rings is 1. The monoisotopic (exact) mass is 384 g/mol. The predicted octanol–water partition coefficient (Wildman–Crippen LogP) is 1.25. The van der Waals surface area contributed by atoms with Crippen molar-refractivity contribution in [3.63, 3.8) is 0 Å². The third-order valence-electron chi connectivity index (χ3n) is 3.44. The van der Waals surface area contributed by atoms with Crippen LogP contribution >= 0.6 is 11.6 Å². The molecule has 0 aliphatic carbocycles. The molecule has 1 atom stereocenters. The minimum Gasteiger partial charge on any atom is -0.355 e. The van der Waals surface area contributed by atoms with Crippen molar-refractivity contribution in [3.8, 4) is 0 Å². The smallest absolute Gasteiger partial charge is 0.288 e. The fraction of sp³-hybridized carbons (Fsp3) is 0.438. The molecule has 26 heavy (non-hydrogen) atoms. The van der Waals surface area contributed by atoms with Gasteiger partial charge in [-0.15, -0.1) is 0 Å². The van der Waals surface area contributed by atoms with Crippen molar-refractivity contribution in [2.45, 2.75) is 26.8 Å². The zero-order valence-electron chi connectivity index (χ0n) is 14.7. The van der Waals surface area contributed by atoms with Crippen molar-refractivity contribution in [1.82, 2.24) is 16.0 Å². The number of nitro groups is 1. The van der Waals surface area contributed by atoms with Crippen molar-refractivity contribution in [1.29, 1.82) is 0 Å². The van der Waals surface area contributed by atoms with Gasteiger partial charge in [-0.2, -0.15) is 0 Å². The van der Waals surface area contributed by atoms with Crippen LogP contribution in [-0.2, 0) is 9.59 Å². The Morgan fingerprint density at radius 1 is 1.23 bits per heavy atom. The van der Waals surface area contributed by atoms with Gasteiger partial charge in [0.2, 0.25) is 11.8 Å². The van der Waals surface area contributed by atoms with Crippen molar-refractivity contribution in [3.05, 3.63) is 38.9 Å². The van der Waals surface area contributed by atoms with Gasteiger partial charge >= 0.3 is 0 Å². The first-order valence-corrected chi connectivity index (χ1v) is 8.34. The zero-order chi connectivity index (χ0) is 19.9. The van der Waals surface area contributed by atoms with Gasteiger partial charge < -0.3 is 16.0 Å². The fourth-order valence-electron chi connectivity index (χ4n) is 2.09. The number of nitrogens with zero attached hydrogens (tertiary/aromatic N) is 1. The number of carbonyl (C=O) groups is 3. The lowest BCUT2D eigenvalue weighted by Crippen LogP contribution is -2.51. The summed E-state index contributed by atoms with van der Waals surface area (Å²) in [5, 5.41) is 18.3. The quantitative estimate of drug-likeness (QED) is 0.458. The molecule has 1 aromatic carbocycles. The highest BCUT2D eigenvalue weighted by Crippen LogP contribution is 2.25. The number of rotatable bonds is 8. The standard InChI is InChI=1S/C16H21ClN4O5/c1-4-18-13(22)8-19-16(24)14(9(2)3)20-15(23)10-5-6-11(17)12(7-10)21(25)26/h5-7,9,14H,4,8H2,1-3H3,(H,18,22)(H,19,24)(H,20,23)/t14-/m0/s1. The molecule has 0 saturated heterocycles. The third-order valence-corrected chi connectivity index (χ3v) is 3.76. The van der Waals surface area contributed by atoms with Crippen LogP contribution < -0.4 is 16.0 Å². The molecule has 9 nitrogen and oxygen atoms in total. The Hall–Kier alpha value is -2.68. The van der Waals surface area contributed by atoms with Crippen molar-refractivity contribution >= 4 is 35.0 Å². The molecule has 1 rings (SSSR count). The first kappa shape index (κ1) is 21.4. The van der Waals surface area contributed by atoms with Crippen molar-refractivity contribution in [2.24, 2.45) is 5.92 Å². The van der Waals surface area contributed by atoms with Crippen LogP contribution in [0, 0.1) is 16.0 Å². The van der Waals surface area contributed by atoms with Gasteiger partial charge in [0, 0.05) is 18.2 Å². The highest BCUT2D eigenvalue weighted by molar-refractivity contribution is 6.32. The van der Waals surface area contributed by atoms with E-state index in [0.717, 1.165) is 6.07 Å². The normalized spacial score (nSPS) is 11.6. The molecule has 0 aromatic heterocycles. The molecule has 0 aliphatic rings. The van der Waals surface area contributed by atoms with Crippen LogP contribution in [0.25, 0.3) is 0 Å². The lowest BCUT2D eigenvalue weighted by Gasteiger charge is -2.21. The summed E-state index contributed by atoms with van der Waals surface area (Å²) in [6.07, 6.45) is 0. The molecule has 1 aromatic rings. The van der Waals surface area contributed by atoms with Gasteiger partial charge in [-0.25, -0.2) is 0 Å². The molecule has 142 valence electrons. The Balaban J connectivity index is 2.85. The number of carbonyl (C=O) groups excluding carboxylic acids is 3. The van der Waals surface area contributed by atoms with Gasteiger partial charge in [-0.3, -0.25) is 24.5 Å². The van der Waals surface area contributed by atoms with Gasteiger partial charge in [0.1, 0.15) is 11.1 Å². The summed E-state index contributed by atoms with van der Waals surface area (Å²) in [7, 11) is 0. The maximum absolute atomic E-state index is 12.4. The average molecular weight is 385 g/mol. The Morgan fingerprint density at radius 3 is 2.42 bits per heavy atom. The van der Waals surface area contributed by atoms with E-state index in [1.165, 1.54) is 12.1 Å². The van der Waals surface area contributed by atoms with Gasteiger partial charge in [-0.05, 0) is 25.0 Å². The predicted molar refractivity (Wildman–Crippen MR) is 95.9 cm³/mol. The first-order chi connectivity index (χ1) is 12.2. The number of amides is 3. The van der Waals surface area contributed by atoms with Crippen molar-refractivity contribution in [2.75, 3.05) is 13.1 Å². The Labute approximate surface area is 155 Å². The maximum atomic E-state index is 12.4. The summed E-state index contributed by atoms with van der Waals surface area (Å²) < 4.78 is 0. The van der Waals surface area contributed by atoms with Gasteiger partial charge in [0.05, 0.1) is 11.5 Å². The fourth-order valence-corrected chi connectivity index (χ4v) is 2.28. The topological polar surface area (TPSA) is 130 Å². The molecule has 3 amide bonds. The molecular formula is C16H21ClN4O5. The number of halogens is 1. The van der Waals surface area contributed by atoms with Crippen LogP contribution in [0.1, 0.15) is 31.1 Å². The zero-order valence-corrected chi connectivity index (χ0v) is 15.4. The van der Waals surface area contributed by atoms with E-state index < -0.39 is 28.5 Å². The minimum atomic E-state index is -0.910. The van der Waals surface area contributed by atoms with E-state index in [4.69, 9.17) is 11.6 Å². The Bertz CT molecular complexity index is 708. The van der Waals surface area contributed by atoms with Crippen molar-refractivity contribution < 1.29 is 19.3 Å². The molecule has 3 N–H and O–H groups in total. The number of nitro benzene ring substituents is 1. The summed E-state index contributed by atoms with van der Waals surface area (Å²) in [5.41, 5.74) is -0.399. The number of likely N-dealkylation sites (N-methyl/N-ethyl adjacent to an activating group) is 1. The van der Waals surface area contributed by atoms with E-state index in [-0.39, 0.29) is 29.0 Å². The van der Waals surface area contributed by atoms with E-state index >= 15 is 0 Å². The third kappa shape index (κ3) is 5.99. The van der Waals surface area contributed by atoms with Crippen LogP contribution in [0.2, 0.25) is 5.02 Å². The lowest BCUT2D eigenvalue weighted by molar-refractivity contribution is -0.384. The van der Waals surface area contributed by atoms with Gasteiger partial charge in [0.15, 0.2) is 0 Å². The minimum absolute atomic E-state index is 0.00303. The van der Waals surface area contributed by atoms with Crippen LogP contribution in [0.5, 0.6) is 0 Å². The second kappa shape index (κ2) is 9.71. The average Bonchev–Trinajstić information content (AvgIpc) is 2.57. The first-order valence-electron chi connectivity index (χ1n) is 7.96. The SMILES string of the molecule is CCNC(=O)CNC(=O)[C@@H](NC(=O)c1ccc(Cl)c([N+](=O)[O-])c1)C(C)C. The van der Waals surface area contributed by atoms with Gasteiger partial charge in [0.25, 0.3) is 11.6 Å². The number of hydrogen-bond donors (Lipinski definition) is 3. The number of hydrogen-bond acceptors (Lipinski definition) is 5. The second-order valence-electron chi connectivity index (χ2n) is 5.79. The van der Waals surface area contributed by atoms with Gasteiger partial charge in [-0.1, -0.05) is 25.4 Å². The lowest BCUT2D eigenvalue weighted by atomic mass is 10.0. The maximum Gasteiger partial charge on any atom is 0.288 e. The molecule has 0 radical (unpaired) electrons. The van der Waals surface area contributed by atoms with E-state index in [0.29, 0.717) is 6.54 Å². The van der Waals surface area contributed by atoms with E-state index in [2.05, 4.69) is 16.0 Å². The number of nitrogens with one attached hydrogen (secondary N) is 3. The van der Waals surface area contributed by atoms with Crippen LogP contribution in [0.4, 0.5) is 5.69 Å². The Kier molecular flexibility index (Phi) is 7.98. The second-order valence-corrected chi connectivity index (χ2v) is 6.20. The summed E-state index contributed by atoms with van der Waals surface area (Å²) in [6.45, 7) is 5.43. The summed E-state index contributed by atoms with van der Waals surface area (Å²) >= 11 is 5.72. The molecular weight excluding hydrogens is 364 g/mol. The summed E-state index contributed by atoms with van der Waals surface area (Å²) in [4.78, 5) is 46.3. The molecule has 0 heterocycles. The van der Waals surface area contributed by atoms with Crippen LogP contribution in [0.3, 0.4) is 0 Å². The largest absolute Gasteiger partial charge is 0.355 e. The molecule has 10 heteroatoms. The molecule has 0 fully saturated rings. The highest BCUT2D eigenvalue weighted by atomic mass is 35.5.